The molecule has 1 N–H and O–H groups in total. The number of hydrogen-bond acceptors (Lipinski definition) is 3. The highest BCUT2D eigenvalue weighted by Gasteiger charge is 2.42. The Morgan fingerprint density at radius 2 is 2.26 bits per heavy atom. The van der Waals surface area contributed by atoms with E-state index in [2.05, 4.69) is 35.0 Å². The van der Waals surface area contributed by atoms with Crippen molar-refractivity contribution in [2.75, 3.05) is 19.8 Å². The molecular formula is C15H19BrO3. The second-order valence-corrected chi connectivity index (χ2v) is 6.53. The summed E-state index contributed by atoms with van der Waals surface area (Å²) in [5.41, 5.74) is 2.29. The van der Waals surface area contributed by atoms with Crippen LogP contribution in [0.4, 0.5) is 0 Å². The van der Waals surface area contributed by atoms with Crippen molar-refractivity contribution in [2.45, 2.75) is 32.3 Å². The Balaban J connectivity index is 1.95. The van der Waals surface area contributed by atoms with E-state index in [4.69, 9.17) is 9.47 Å². The van der Waals surface area contributed by atoms with Crippen LogP contribution in [-0.2, 0) is 17.6 Å². The van der Waals surface area contributed by atoms with Crippen molar-refractivity contribution in [2.24, 2.45) is 5.41 Å². The second kappa shape index (κ2) is 5.08. The van der Waals surface area contributed by atoms with Gasteiger partial charge in [-0.15, -0.1) is 0 Å². The molecule has 2 atom stereocenters. The minimum absolute atomic E-state index is 0.0912. The molecule has 4 heteroatoms. The van der Waals surface area contributed by atoms with Crippen LogP contribution in [0, 0.1) is 5.41 Å². The van der Waals surface area contributed by atoms with Gasteiger partial charge in [0.05, 0.1) is 19.3 Å². The topological polar surface area (TPSA) is 38.7 Å². The zero-order valence-corrected chi connectivity index (χ0v) is 12.7. The van der Waals surface area contributed by atoms with Crippen LogP contribution in [0.2, 0.25) is 0 Å². The fourth-order valence-corrected chi connectivity index (χ4v) is 3.72. The maximum Gasteiger partial charge on any atom is 0.125 e. The van der Waals surface area contributed by atoms with Gasteiger partial charge in [0.25, 0.3) is 0 Å². The summed E-state index contributed by atoms with van der Waals surface area (Å²) in [6.45, 7) is 3.72. The molecule has 2 heterocycles. The maximum atomic E-state index is 9.83. The van der Waals surface area contributed by atoms with Crippen molar-refractivity contribution < 1.29 is 14.6 Å². The van der Waals surface area contributed by atoms with E-state index < -0.39 is 0 Å². The van der Waals surface area contributed by atoms with Crippen LogP contribution in [0.5, 0.6) is 5.75 Å². The molecule has 1 saturated heterocycles. The van der Waals surface area contributed by atoms with E-state index in [-0.39, 0.29) is 18.1 Å². The van der Waals surface area contributed by atoms with E-state index in [9.17, 15) is 5.11 Å². The molecule has 0 bridgehead atoms. The van der Waals surface area contributed by atoms with E-state index in [0.29, 0.717) is 0 Å². The molecule has 0 saturated carbocycles. The van der Waals surface area contributed by atoms with Crippen molar-refractivity contribution in [1.29, 1.82) is 0 Å². The standard InChI is InChI=1S/C15H19BrO3/c1-10-15(9-17,3-5-18-10)8-12-7-13(16)6-11-2-4-19-14(11)12/h6-7,10,17H,2-5,8-9H2,1H3. The van der Waals surface area contributed by atoms with Gasteiger partial charge < -0.3 is 14.6 Å². The number of aliphatic hydroxyl groups excluding tert-OH is 1. The Bertz CT molecular complexity index is 489. The minimum Gasteiger partial charge on any atom is -0.493 e. The largest absolute Gasteiger partial charge is 0.493 e. The zero-order chi connectivity index (χ0) is 13.5. The third kappa shape index (κ3) is 2.30. The molecule has 3 nitrogen and oxygen atoms in total. The third-order valence-electron chi connectivity index (χ3n) is 4.51. The number of ether oxygens (including phenoxy) is 2. The third-order valence-corrected chi connectivity index (χ3v) is 4.97. The lowest BCUT2D eigenvalue weighted by Crippen LogP contribution is -2.35. The molecule has 1 fully saturated rings. The quantitative estimate of drug-likeness (QED) is 0.928. The molecule has 0 aliphatic carbocycles. The summed E-state index contributed by atoms with van der Waals surface area (Å²) in [7, 11) is 0. The lowest BCUT2D eigenvalue weighted by Gasteiger charge is -2.30. The summed E-state index contributed by atoms with van der Waals surface area (Å²) in [4.78, 5) is 0. The van der Waals surface area contributed by atoms with E-state index in [1.807, 2.05) is 0 Å². The number of fused-ring (bicyclic) bond motifs is 1. The lowest BCUT2D eigenvalue weighted by molar-refractivity contribution is 0.0269. The van der Waals surface area contributed by atoms with Gasteiger partial charge in [-0.05, 0) is 43.0 Å². The van der Waals surface area contributed by atoms with E-state index in [1.54, 1.807) is 0 Å². The molecule has 0 radical (unpaired) electrons. The fraction of sp³-hybridized carbons (Fsp3) is 0.600. The summed E-state index contributed by atoms with van der Waals surface area (Å²) >= 11 is 3.57. The van der Waals surface area contributed by atoms with Gasteiger partial charge in [-0.1, -0.05) is 15.9 Å². The number of rotatable bonds is 3. The van der Waals surface area contributed by atoms with E-state index in [0.717, 1.165) is 42.7 Å². The van der Waals surface area contributed by atoms with Gasteiger partial charge in [-0.3, -0.25) is 0 Å². The smallest absolute Gasteiger partial charge is 0.125 e. The zero-order valence-electron chi connectivity index (χ0n) is 11.1. The highest BCUT2D eigenvalue weighted by molar-refractivity contribution is 9.10. The van der Waals surface area contributed by atoms with Gasteiger partial charge >= 0.3 is 0 Å². The first-order valence-electron chi connectivity index (χ1n) is 6.81. The van der Waals surface area contributed by atoms with Crippen LogP contribution >= 0.6 is 15.9 Å². The molecule has 0 aromatic heterocycles. The summed E-state index contributed by atoms with van der Waals surface area (Å²) in [6, 6.07) is 4.25. The van der Waals surface area contributed by atoms with Gasteiger partial charge in [0, 0.05) is 22.9 Å². The first-order chi connectivity index (χ1) is 9.14. The molecule has 2 aliphatic rings. The van der Waals surface area contributed by atoms with Gasteiger partial charge in [0.2, 0.25) is 0 Å². The molecular weight excluding hydrogens is 308 g/mol. The lowest BCUT2D eigenvalue weighted by atomic mass is 9.76. The second-order valence-electron chi connectivity index (χ2n) is 5.61. The molecule has 104 valence electrons. The predicted molar refractivity (Wildman–Crippen MR) is 76.6 cm³/mol. The van der Waals surface area contributed by atoms with Crippen molar-refractivity contribution in [3.8, 4) is 5.75 Å². The summed E-state index contributed by atoms with van der Waals surface area (Å²) in [5, 5.41) is 9.83. The van der Waals surface area contributed by atoms with Crippen molar-refractivity contribution in [1.82, 2.24) is 0 Å². The monoisotopic (exact) mass is 326 g/mol. The molecule has 3 rings (SSSR count). The predicted octanol–water partition coefficient (Wildman–Crippen LogP) is 2.71. The van der Waals surface area contributed by atoms with Crippen LogP contribution in [-0.4, -0.2) is 31.0 Å². The van der Waals surface area contributed by atoms with Gasteiger partial charge in [-0.25, -0.2) is 0 Å². The Morgan fingerprint density at radius 1 is 1.42 bits per heavy atom. The number of hydrogen-bond donors (Lipinski definition) is 1. The van der Waals surface area contributed by atoms with Crippen molar-refractivity contribution in [3.05, 3.63) is 27.7 Å². The number of benzene rings is 1. The molecule has 0 spiro atoms. The van der Waals surface area contributed by atoms with E-state index in [1.165, 1.54) is 11.1 Å². The summed E-state index contributed by atoms with van der Waals surface area (Å²) < 4.78 is 12.5. The Kier molecular flexibility index (Phi) is 3.58. The van der Waals surface area contributed by atoms with Crippen LogP contribution in [0.3, 0.4) is 0 Å². The van der Waals surface area contributed by atoms with Gasteiger partial charge in [0.1, 0.15) is 5.75 Å². The van der Waals surface area contributed by atoms with Gasteiger partial charge in [-0.2, -0.15) is 0 Å². The minimum atomic E-state index is -0.166. The fourth-order valence-electron chi connectivity index (χ4n) is 3.17. The Morgan fingerprint density at radius 3 is 2.95 bits per heavy atom. The Labute approximate surface area is 122 Å². The van der Waals surface area contributed by atoms with Crippen LogP contribution < -0.4 is 4.74 Å². The number of halogens is 1. The van der Waals surface area contributed by atoms with Crippen molar-refractivity contribution >= 4 is 15.9 Å². The molecule has 19 heavy (non-hydrogen) atoms. The molecule has 1 aromatic carbocycles. The summed E-state index contributed by atoms with van der Waals surface area (Å²) in [5.74, 6) is 1.02. The number of aliphatic hydroxyl groups is 1. The van der Waals surface area contributed by atoms with E-state index >= 15 is 0 Å². The summed E-state index contributed by atoms with van der Waals surface area (Å²) in [6.07, 6.45) is 2.78. The molecule has 2 aliphatic heterocycles. The van der Waals surface area contributed by atoms with Crippen LogP contribution in [0.1, 0.15) is 24.5 Å². The maximum absolute atomic E-state index is 9.83. The van der Waals surface area contributed by atoms with Crippen LogP contribution in [0.15, 0.2) is 16.6 Å². The highest BCUT2D eigenvalue weighted by atomic mass is 79.9. The van der Waals surface area contributed by atoms with Crippen molar-refractivity contribution in [3.63, 3.8) is 0 Å². The average Bonchev–Trinajstić information content (AvgIpc) is 2.97. The molecule has 1 aromatic rings. The first-order valence-corrected chi connectivity index (χ1v) is 7.60. The molecule has 2 unspecified atom stereocenters. The average molecular weight is 327 g/mol. The normalized spacial score (nSPS) is 29.3. The first kappa shape index (κ1) is 13.4. The molecule has 0 amide bonds. The van der Waals surface area contributed by atoms with Gasteiger partial charge in [0.15, 0.2) is 0 Å². The highest BCUT2D eigenvalue weighted by Crippen LogP contribution is 2.42. The SMILES string of the molecule is CC1OCCC1(CO)Cc1cc(Br)cc2c1OCC2. The Hall–Kier alpha value is -0.580. The van der Waals surface area contributed by atoms with Crippen LogP contribution in [0.25, 0.3) is 0 Å².